The van der Waals surface area contributed by atoms with Gasteiger partial charge in [-0.15, -0.1) is 0 Å². The number of ether oxygens (including phenoxy) is 11. The first kappa shape index (κ1) is 91.3. The minimum atomic E-state index is -2.61. The van der Waals surface area contributed by atoms with Gasteiger partial charge in [-0.25, -0.2) is 38.0 Å². The predicted molar refractivity (Wildman–Crippen MR) is 363 cm³/mol. The number of carboxylic acids is 4. The molecular formula is C74H74ClF2NO32. The van der Waals surface area contributed by atoms with Crippen LogP contribution in [0.25, 0.3) is 0 Å². The van der Waals surface area contributed by atoms with E-state index in [1.807, 2.05) is 60.7 Å². The zero-order valence-corrected chi connectivity index (χ0v) is 59.6. The Kier molecular flexibility index (Phi) is 39.0. The Bertz CT molecular complexity index is 3980. The number of carboxylic acid groups (broad SMARTS) is 4. The molecule has 4 atom stereocenters. The standard InChI is InChI=1S/C13H13FO5.C13H11NO4.C12H11ClO4.C12H11FO4.C12H12O5.C7H10O5.C5H6O5/c1-2-17-12(16)13(8-7-11(15)19-13)18-10-5-3-9(14)4-6-10;14-9-13(7-6-11(15)18-13)12(16)17-8-10-4-2-1-3-5-10;2*13-12(7-6-10(14)17-12)11(15)16-8-9-4-2-1-3-5-9;13-10(6-7-11(14)15)12(16)17-8-9-4-2-1-3-5-9;1-2-12-7(11)5(8)3-4-6(9)10;6-3(5(9)10)1-2-4(7)8/h3-6H,2,7-8H2,1H3;1-5H,6-8H2;2*1-5H,6-8H2;1-5H,6-8H2,(H,14,15);2-4H2,1H3,(H,9,10);1-2H2,(H,7,8)(H,9,10)/t13-;;;;;;/m1....../s1. The number of alkyl halides is 2. The molecule has 0 aliphatic carbocycles. The first-order valence-corrected chi connectivity index (χ1v) is 33.3. The van der Waals surface area contributed by atoms with Crippen LogP contribution < -0.4 is 4.74 Å². The molecule has 0 saturated carbocycles. The Morgan fingerprint density at radius 1 is 0.427 bits per heavy atom. The van der Waals surface area contributed by atoms with Crippen LogP contribution in [0.15, 0.2) is 146 Å². The Hall–Kier alpha value is -12.9. The van der Waals surface area contributed by atoms with Crippen LogP contribution in [0, 0.1) is 17.1 Å². The van der Waals surface area contributed by atoms with E-state index in [0.29, 0.717) is 0 Å². The van der Waals surface area contributed by atoms with E-state index in [1.165, 1.54) is 24.3 Å². The summed E-state index contributed by atoms with van der Waals surface area (Å²) in [6.07, 6.45) is -2.02. The number of carbonyl (C=O) groups excluding carboxylic acids is 13. The van der Waals surface area contributed by atoms with Crippen LogP contribution in [0.2, 0.25) is 0 Å². The molecule has 0 spiro atoms. The first-order chi connectivity index (χ1) is 52.1. The van der Waals surface area contributed by atoms with Gasteiger partial charge in [-0.2, -0.15) is 9.65 Å². The maximum absolute atomic E-state index is 13.7. The van der Waals surface area contributed by atoms with Crippen molar-refractivity contribution < 1.29 is 163 Å². The largest absolute Gasteiger partial charge is 0.481 e. The highest BCUT2D eigenvalue weighted by molar-refractivity contribution is 6.35. The number of esters is 10. The van der Waals surface area contributed by atoms with Crippen molar-refractivity contribution in [1.29, 1.82) is 5.26 Å². The van der Waals surface area contributed by atoms with E-state index in [4.69, 9.17) is 79.9 Å². The summed E-state index contributed by atoms with van der Waals surface area (Å²) in [5.41, 5.74) is 1.42. The molecule has 588 valence electrons. The second-order valence-corrected chi connectivity index (χ2v) is 23.2. The van der Waals surface area contributed by atoms with Crippen LogP contribution in [-0.2, 0) is 155 Å². The highest BCUT2D eigenvalue weighted by Crippen LogP contribution is 2.34. The molecule has 4 heterocycles. The highest BCUT2D eigenvalue weighted by Gasteiger charge is 2.53. The van der Waals surface area contributed by atoms with E-state index in [0.717, 1.165) is 22.3 Å². The van der Waals surface area contributed by atoms with Gasteiger partial charge < -0.3 is 72.5 Å². The lowest BCUT2D eigenvalue weighted by atomic mass is 10.0. The minimum absolute atomic E-state index is 0.0124. The van der Waals surface area contributed by atoms with Gasteiger partial charge in [0, 0.05) is 44.9 Å². The number of ketones is 3. The molecule has 36 heteroatoms. The molecule has 110 heavy (non-hydrogen) atoms. The van der Waals surface area contributed by atoms with Crippen LogP contribution in [0.4, 0.5) is 8.78 Å². The summed E-state index contributed by atoms with van der Waals surface area (Å²) >= 11 is 5.86. The summed E-state index contributed by atoms with van der Waals surface area (Å²) < 4.78 is 79.5. The topological polar surface area (TPSA) is 496 Å². The molecule has 5 aromatic rings. The van der Waals surface area contributed by atoms with Gasteiger partial charge in [0.05, 0.1) is 58.2 Å². The zero-order chi connectivity index (χ0) is 81.9. The average molecular weight is 1560 g/mol. The predicted octanol–water partition coefficient (Wildman–Crippen LogP) is 7.52. The second-order valence-electron chi connectivity index (χ2n) is 22.5. The summed E-state index contributed by atoms with van der Waals surface area (Å²) in [6.45, 7) is 3.62. The Balaban J connectivity index is 0.000000336. The smallest absolute Gasteiger partial charge is 0.392 e. The molecule has 9 rings (SSSR count). The van der Waals surface area contributed by atoms with E-state index in [9.17, 15) is 90.3 Å². The number of Topliss-reactive ketones (excluding diaryl/α,β-unsaturated/α-hetero) is 3. The number of rotatable bonds is 28. The molecular weight excluding hydrogens is 1490 g/mol. The van der Waals surface area contributed by atoms with Crippen LogP contribution in [0.3, 0.4) is 0 Å². The van der Waals surface area contributed by atoms with Crippen molar-refractivity contribution in [2.24, 2.45) is 0 Å². The minimum Gasteiger partial charge on any atom is -0.481 e. The fraction of sp³-hybridized carbons (Fsp3) is 0.351. The van der Waals surface area contributed by atoms with Crippen LogP contribution in [-0.4, -0.2) is 157 Å². The van der Waals surface area contributed by atoms with Gasteiger partial charge in [-0.3, -0.25) is 47.9 Å². The average Bonchev–Trinajstić information content (AvgIpc) is 1.66. The zero-order valence-electron chi connectivity index (χ0n) is 58.8. The number of carbonyl (C=O) groups is 17. The number of halogens is 3. The summed E-state index contributed by atoms with van der Waals surface area (Å²) in [4.78, 5) is 184. The maximum atomic E-state index is 13.7. The summed E-state index contributed by atoms with van der Waals surface area (Å²) in [7, 11) is 0. The van der Waals surface area contributed by atoms with Crippen molar-refractivity contribution in [2.45, 2.75) is 152 Å². The molecule has 4 fully saturated rings. The van der Waals surface area contributed by atoms with Crippen molar-refractivity contribution in [1.82, 2.24) is 0 Å². The lowest BCUT2D eigenvalue weighted by molar-refractivity contribution is -0.206. The van der Waals surface area contributed by atoms with Gasteiger partial charge in [0.1, 0.15) is 44.1 Å². The lowest BCUT2D eigenvalue weighted by Crippen LogP contribution is -2.45. The third kappa shape index (κ3) is 33.7. The summed E-state index contributed by atoms with van der Waals surface area (Å²) in [6, 6.07) is 42.9. The lowest BCUT2D eigenvalue weighted by Gasteiger charge is -2.25. The van der Waals surface area contributed by atoms with Crippen LogP contribution >= 0.6 is 11.6 Å². The number of hydrogen-bond acceptors (Lipinski definition) is 29. The quantitative estimate of drug-likeness (QED) is 0.0163. The molecule has 0 bridgehead atoms. The van der Waals surface area contributed by atoms with E-state index >= 15 is 0 Å². The Morgan fingerprint density at radius 3 is 1.16 bits per heavy atom. The van der Waals surface area contributed by atoms with E-state index in [-0.39, 0.29) is 122 Å². The molecule has 4 aliphatic rings. The van der Waals surface area contributed by atoms with Gasteiger partial charge in [-0.1, -0.05) is 133 Å². The molecule has 5 aromatic carbocycles. The second kappa shape index (κ2) is 46.9. The monoisotopic (exact) mass is 1560 g/mol. The normalized spacial score (nSPS) is 17.9. The van der Waals surface area contributed by atoms with Crippen molar-refractivity contribution in [3.05, 3.63) is 174 Å². The fourth-order valence-corrected chi connectivity index (χ4v) is 8.69. The number of benzene rings is 5. The third-order valence-electron chi connectivity index (χ3n) is 14.1. The maximum Gasteiger partial charge on any atom is 0.392 e. The van der Waals surface area contributed by atoms with Gasteiger partial charge in [0.25, 0.3) is 10.7 Å². The fourth-order valence-electron chi connectivity index (χ4n) is 8.45. The molecule has 0 aromatic heterocycles. The van der Waals surface area contributed by atoms with Gasteiger partial charge in [-0.05, 0) is 60.4 Å². The molecule has 0 radical (unpaired) electrons. The number of nitriles is 1. The van der Waals surface area contributed by atoms with Crippen LogP contribution in [0.5, 0.6) is 5.75 Å². The molecule has 3 unspecified atom stereocenters. The SMILES string of the molecule is CCOC(=O)C(=O)CCC(=O)O.CCOC(=O)[C@@]1(Oc2ccc(F)cc2)CCC(=O)O1.N#CC1(C(=O)OCc2ccccc2)CCC(=O)O1.O=C(O)CCC(=O)C(=O)O.O=C(O)CCC(=O)C(=O)OCc1ccccc1.O=C1CCC(Cl)(C(=O)OCc2ccccc2)O1.O=C1CCC(F)(C(=O)OCc2ccccc2)O1. The van der Waals surface area contributed by atoms with Crippen molar-refractivity contribution in [2.75, 3.05) is 13.2 Å². The Morgan fingerprint density at radius 2 is 0.800 bits per heavy atom. The van der Waals surface area contributed by atoms with Crippen molar-refractivity contribution >= 4 is 113 Å². The Labute approximate surface area is 629 Å². The molecule has 4 N–H and O–H groups in total. The molecule has 33 nitrogen and oxygen atoms in total. The van der Waals surface area contributed by atoms with Gasteiger partial charge in [0.15, 0.2) is 0 Å². The third-order valence-corrected chi connectivity index (χ3v) is 14.5. The van der Waals surface area contributed by atoms with Crippen molar-refractivity contribution in [3.8, 4) is 11.8 Å². The van der Waals surface area contributed by atoms with E-state index in [2.05, 4.69) is 9.47 Å². The molecule has 0 amide bonds. The van der Waals surface area contributed by atoms with Gasteiger partial charge >= 0.3 is 95.2 Å². The number of aliphatic carboxylic acids is 4. The molecule has 4 saturated heterocycles. The number of nitrogens with zero attached hydrogens (tertiary/aromatic N) is 1. The first-order valence-electron chi connectivity index (χ1n) is 32.9. The molecule has 4 aliphatic heterocycles. The highest BCUT2D eigenvalue weighted by atomic mass is 35.5. The van der Waals surface area contributed by atoms with E-state index < -0.39 is 142 Å². The summed E-state index contributed by atoms with van der Waals surface area (Å²) in [5, 5.41) is 39.8. The van der Waals surface area contributed by atoms with Gasteiger partial charge in [0.2, 0.25) is 17.3 Å². The summed E-state index contributed by atoms with van der Waals surface area (Å²) in [5.74, 6) is -19.9. The number of cyclic esters (lactones) is 4. The van der Waals surface area contributed by atoms with Crippen LogP contribution in [0.1, 0.15) is 126 Å². The number of hydrogen-bond donors (Lipinski definition) is 4. The van der Waals surface area contributed by atoms with Crippen molar-refractivity contribution in [3.63, 3.8) is 0 Å². The van der Waals surface area contributed by atoms with E-state index in [1.54, 1.807) is 80.6 Å².